The molecule has 0 aliphatic rings. The van der Waals surface area contributed by atoms with E-state index in [4.69, 9.17) is 0 Å². The topological polar surface area (TPSA) is 63.1 Å². The Morgan fingerprint density at radius 2 is 1.54 bits per heavy atom. The van der Waals surface area contributed by atoms with Gasteiger partial charge in [-0.25, -0.2) is 0 Å². The van der Waals surface area contributed by atoms with Crippen molar-refractivity contribution in [2.75, 3.05) is 0 Å². The molecule has 0 saturated carbocycles. The summed E-state index contributed by atoms with van der Waals surface area (Å²) in [5.41, 5.74) is 6.94. The third kappa shape index (κ3) is 3.09. The number of hydrogen-bond acceptors (Lipinski definition) is 3. The molecule has 2 heterocycles. The molecule has 5 nitrogen and oxygen atoms in total. The summed E-state index contributed by atoms with van der Waals surface area (Å²) in [5, 5.41) is 0.835. The van der Waals surface area contributed by atoms with Crippen LogP contribution in [0.1, 0.15) is 31.2 Å². The van der Waals surface area contributed by atoms with Gasteiger partial charge in [-0.1, -0.05) is 18.2 Å². The Hall–Kier alpha value is -2.86. The Morgan fingerprint density at radius 1 is 0.917 bits per heavy atom. The molecule has 0 saturated heterocycles. The van der Waals surface area contributed by atoms with Crippen molar-refractivity contribution in [2.24, 2.45) is 0 Å². The summed E-state index contributed by atoms with van der Waals surface area (Å²) in [7, 11) is 0. The number of rotatable bonds is 3. The summed E-state index contributed by atoms with van der Waals surface area (Å²) in [6.07, 6.45) is 3.79. The first-order valence-corrected chi connectivity index (χ1v) is 8.28. The van der Waals surface area contributed by atoms with E-state index in [1.807, 2.05) is 49.0 Å². The standard InChI is InChI=1S/C18H17N3O2S/c1-12-13(2)24-18(21-10-6-7-11-21)15(12)17(23)20-19-16(22)14-8-4-3-5-9-14/h3-11H,1-2H3,(H,19,22)(H,20,23). The highest BCUT2D eigenvalue weighted by molar-refractivity contribution is 7.15. The van der Waals surface area contributed by atoms with E-state index in [-0.39, 0.29) is 11.8 Å². The molecule has 6 heteroatoms. The van der Waals surface area contributed by atoms with Gasteiger partial charge >= 0.3 is 0 Å². The summed E-state index contributed by atoms with van der Waals surface area (Å²) in [6.45, 7) is 3.89. The maximum Gasteiger partial charge on any atom is 0.272 e. The summed E-state index contributed by atoms with van der Waals surface area (Å²) >= 11 is 1.55. The Bertz CT molecular complexity index is 867. The number of hydrogen-bond donors (Lipinski definition) is 2. The zero-order valence-electron chi connectivity index (χ0n) is 13.4. The van der Waals surface area contributed by atoms with Crippen molar-refractivity contribution >= 4 is 23.2 Å². The smallest absolute Gasteiger partial charge is 0.272 e. The van der Waals surface area contributed by atoms with Gasteiger partial charge in [0.25, 0.3) is 11.8 Å². The van der Waals surface area contributed by atoms with Crippen molar-refractivity contribution in [3.63, 3.8) is 0 Å². The van der Waals surface area contributed by atoms with Gasteiger partial charge in [0.2, 0.25) is 0 Å². The summed E-state index contributed by atoms with van der Waals surface area (Å²) in [5.74, 6) is -0.680. The predicted molar refractivity (Wildman–Crippen MR) is 94.5 cm³/mol. The Balaban J connectivity index is 1.80. The van der Waals surface area contributed by atoms with Crippen LogP contribution in [-0.2, 0) is 0 Å². The van der Waals surface area contributed by atoms with Gasteiger partial charge in [0.15, 0.2) is 0 Å². The van der Waals surface area contributed by atoms with Crippen LogP contribution in [0.2, 0.25) is 0 Å². The highest BCUT2D eigenvalue weighted by atomic mass is 32.1. The number of nitrogens with one attached hydrogen (secondary N) is 2. The zero-order chi connectivity index (χ0) is 17.1. The highest BCUT2D eigenvalue weighted by Crippen LogP contribution is 2.30. The fourth-order valence-electron chi connectivity index (χ4n) is 2.37. The monoisotopic (exact) mass is 339 g/mol. The number of aryl methyl sites for hydroxylation is 1. The Labute approximate surface area is 143 Å². The zero-order valence-corrected chi connectivity index (χ0v) is 14.2. The van der Waals surface area contributed by atoms with Crippen LogP contribution in [0.25, 0.3) is 5.00 Å². The normalized spacial score (nSPS) is 10.4. The highest BCUT2D eigenvalue weighted by Gasteiger charge is 2.21. The van der Waals surface area contributed by atoms with Crippen molar-refractivity contribution in [3.8, 4) is 5.00 Å². The Kier molecular flexibility index (Phi) is 4.48. The third-order valence-electron chi connectivity index (χ3n) is 3.76. The number of hydrazine groups is 1. The molecule has 2 N–H and O–H groups in total. The minimum absolute atomic E-state index is 0.329. The number of benzene rings is 1. The molecule has 2 aromatic heterocycles. The van der Waals surface area contributed by atoms with Crippen LogP contribution in [0.5, 0.6) is 0 Å². The van der Waals surface area contributed by atoms with Crippen LogP contribution in [0, 0.1) is 13.8 Å². The summed E-state index contributed by atoms with van der Waals surface area (Å²) in [6, 6.07) is 12.6. The van der Waals surface area contributed by atoms with Gasteiger partial charge in [0, 0.05) is 22.8 Å². The second-order valence-electron chi connectivity index (χ2n) is 5.33. The number of nitrogens with zero attached hydrogens (tertiary/aromatic N) is 1. The summed E-state index contributed by atoms with van der Waals surface area (Å²) in [4.78, 5) is 25.7. The van der Waals surface area contributed by atoms with Gasteiger partial charge in [-0.2, -0.15) is 0 Å². The van der Waals surface area contributed by atoms with Crippen molar-refractivity contribution < 1.29 is 9.59 Å². The molecule has 0 aliphatic heterocycles. The molecule has 0 bridgehead atoms. The van der Waals surface area contributed by atoms with Gasteiger partial charge in [-0.05, 0) is 43.7 Å². The van der Waals surface area contributed by atoms with E-state index in [1.54, 1.807) is 35.6 Å². The van der Waals surface area contributed by atoms with Crippen molar-refractivity contribution in [1.29, 1.82) is 0 Å². The largest absolute Gasteiger partial charge is 0.315 e. The lowest BCUT2D eigenvalue weighted by molar-refractivity contribution is 0.0846. The first-order chi connectivity index (χ1) is 11.6. The van der Waals surface area contributed by atoms with Crippen molar-refractivity contribution in [2.45, 2.75) is 13.8 Å². The summed E-state index contributed by atoms with van der Waals surface area (Å²) < 4.78 is 1.90. The lowest BCUT2D eigenvalue weighted by Gasteiger charge is -2.09. The molecule has 0 aliphatic carbocycles. The molecular formula is C18H17N3O2S. The van der Waals surface area contributed by atoms with E-state index in [2.05, 4.69) is 10.9 Å². The molecule has 1 aromatic carbocycles. The van der Waals surface area contributed by atoms with E-state index >= 15 is 0 Å². The van der Waals surface area contributed by atoms with Gasteiger partial charge < -0.3 is 4.57 Å². The van der Waals surface area contributed by atoms with Crippen LogP contribution in [-0.4, -0.2) is 16.4 Å². The third-order valence-corrected chi connectivity index (χ3v) is 4.98. The number of aromatic nitrogens is 1. The first kappa shape index (κ1) is 16.0. The van der Waals surface area contributed by atoms with Crippen LogP contribution in [0.3, 0.4) is 0 Å². The van der Waals surface area contributed by atoms with E-state index < -0.39 is 0 Å². The molecular weight excluding hydrogens is 322 g/mol. The number of carbonyl (C=O) groups is 2. The molecule has 0 atom stereocenters. The number of amides is 2. The van der Waals surface area contributed by atoms with Crippen LogP contribution in [0.15, 0.2) is 54.9 Å². The van der Waals surface area contributed by atoms with Crippen LogP contribution >= 0.6 is 11.3 Å². The van der Waals surface area contributed by atoms with Crippen LogP contribution in [0.4, 0.5) is 0 Å². The quantitative estimate of drug-likeness (QED) is 0.720. The van der Waals surface area contributed by atoms with Gasteiger partial charge in [0.05, 0.1) is 5.56 Å². The van der Waals surface area contributed by atoms with Gasteiger partial charge in [-0.3, -0.25) is 20.4 Å². The number of carbonyl (C=O) groups excluding carboxylic acids is 2. The molecule has 122 valence electrons. The lowest BCUT2D eigenvalue weighted by atomic mass is 10.1. The lowest BCUT2D eigenvalue weighted by Crippen LogP contribution is -2.42. The second-order valence-corrected chi connectivity index (χ2v) is 6.53. The minimum atomic E-state index is -0.351. The molecule has 0 spiro atoms. The second kappa shape index (κ2) is 6.72. The maximum absolute atomic E-state index is 12.6. The van der Waals surface area contributed by atoms with Crippen molar-refractivity contribution in [1.82, 2.24) is 15.4 Å². The van der Waals surface area contributed by atoms with E-state index in [9.17, 15) is 9.59 Å². The van der Waals surface area contributed by atoms with Crippen molar-refractivity contribution in [3.05, 3.63) is 76.4 Å². The Morgan fingerprint density at radius 3 is 2.21 bits per heavy atom. The molecule has 2 amide bonds. The van der Waals surface area contributed by atoms with E-state index in [0.717, 1.165) is 15.4 Å². The van der Waals surface area contributed by atoms with Gasteiger partial charge in [-0.15, -0.1) is 11.3 Å². The minimum Gasteiger partial charge on any atom is -0.315 e. The molecule has 3 rings (SSSR count). The molecule has 24 heavy (non-hydrogen) atoms. The maximum atomic E-state index is 12.6. The molecule has 0 unspecified atom stereocenters. The predicted octanol–water partition coefficient (Wildman–Crippen LogP) is 3.23. The molecule has 0 fully saturated rings. The average molecular weight is 339 g/mol. The van der Waals surface area contributed by atoms with E-state index in [1.165, 1.54) is 0 Å². The fraction of sp³-hybridized carbons (Fsp3) is 0.111. The fourth-order valence-corrected chi connectivity index (χ4v) is 3.49. The van der Waals surface area contributed by atoms with Gasteiger partial charge in [0.1, 0.15) is 5.00 Å². The average Bonchev–Trinajstić information content (AvgIpc) is 3.22. The van der Waals surface area contributed by atoms with Crippen LogP contribution < -0.4 is 10.9 Å². The SMILES string of the molecule is Cc1sc(-n2cccc2)c(C(=O)NNC(=O)c2ccccc2)c1C. The first-order valence-electron chi connectivity index (χ1n) is 7.47. The molecule has 3 aromatic rings. The number of thiophene rings is 1. The van der Waals surface area contributed by atoms with E-state index in [0.29, 0.717) is 11.1 Å². The molecule has 0 radical (unpaired) electrons.